The maximum absolute atomic E-state index is 13.2. The molecule has 0 aliphatic rings. The van der Waals surface area contributed by atoms with E-state index in [9.17, 15) is 9.50 Å². The zero-order valence-electron chi connectivity index (χ0n) is 10.7. The van der Waals surface area contributed by atoms with Crippen LogP contribution < -0.4 is 0 Å². The van der Waals surface area contributed by atoms with Crippen LogP contribution in [0.15, 0.2) is 52.9 Å². The van der Waals surface area contributed by atoms with E-state index >= 15 is 0 Å². The first-order chi connectivity index (χ1) is 10.2. The van der Waals surface area contributed by atoms with Crippen molar-refractivity contribution in [1.82, 2.24) is 9.97 Å². The van der Waals surface area contributed by atoms with Gasteiger partial charge in [0.05, 0.1) is 0 Å². The molecule has 0 atom stereocenters. The van der Waals surface area contributed by atoms with Crippen LogP contribution in [0.4, 0.5) is 4.39 Å². The lowest BCUT2D eigenvalue weighted by Crippen LogP contribution is -1.85. The molecular weight excluding hydrogens is 271 g/mol. The molecule has 102 valence electrons. The molecule has 0 amide bonds. The summed E-state index contributed by atoms with van der Waals surface area (Å²) in [5.41, 5.74) is 1.89. The van der Waals surface area contributed by atoms with Gasteiger partial charge in [-0.3, -0.25) is 0 Å². The Labute approximate surface area is 118 Å². The number of aromatic nitrogens is 2. The number of para-hydroxylation sites is 1. The summed E-state index contributed by atoms with van der Waals surface area (Å²) in [4.78, 5) is 8.65. The number of rotatable bonds is 1. The summed E-state index contributed by atoms with van der Waals surface area (Å²) in [5, 5.41) is 10.7. The first-order valence-electron chi connectivity index (χ1n) is 6.36. The molecule has 0 aliphatic heterocycles. The van der Waals surface area contributed by atoms with Crippen molar-refractivity contribution >= 4 is 22.0 Å². The Morgan fingerprint density at radius 1 is 1.00 bits per heavy atom. The van der Waals surface area contributed by atoms with E-state index in [0.29, 0.717) is 28.2 Å². The first-order valence-corrected chi connectivity index (χ1v) is 6.36. The number of hydrogen-bond donors (Lipinski definition) is 1. The maximum Gasteiger partial charge on any atom is 0.246 e. The fraction of sp³-hybridized carbons (Fsp3) is 0. The van der Waals surface area contributed by atoms with Gasteiger partial charge in [-0.15, -0.1) is 0 Å². The molecule has 4 aromatic rings. The number of phenols is 1. The third-order valence-corrected chi connectivity index (χ3v) is 3.27. The number of nitrogens with zero attached hydrogens (tertiary/aromatic N) is 2. The van der Waals surface area contributed by atoms with Crippen molar-refractivity contribution in [2.75, 3.05) is 0 Å². The summed E-state index contributed by atoms with van der Waals surface area (Å²) in [6, 6.07) is 12.9. The van der Waals surface area contributed by atoms with Gasteiger partial charge in [0.25, 0.3) is 0 Å². The van der Waals surface area contributed by atoms with E-state index in [2.05, 4.69) is 9.97 Å². The zero-order chi connectivity index (χ0) is 14.4. The normalized spacial score (nSPS) is 11.3. The third kappa shape index (κ3) is 1.90. The second kappa shape index (κ2) is 4.28. The van der Waals surface area contributed by atoms with E-state index in [4.69, 9.17) is 4.42 Å². The minimum atomic E-state index is -0.380. The van der Waals surface area contributed by atoms with E-state index in [0.717, 1.165) is 5.39 Å². The van der Waals surface area contributed by atoms with Gasteiger partial charge in [-0.25, -0.2) is 14.4 Å². The Morgan fingerprint density at radius 3 is 2.81 bits per heavy atom. The molecule has 5 heteroatoms. The largest absolute Gasteiger partial charge is 0.506 e. The van der Waals surface area contributed by atoms with E-state index in [1.165, 1.54) is 12.1 Å². The monoisotopic (exact) mass is 280 g/mol. The fourth-order valence-electron chi connectivity index (χ4n) is 2.26. The van der Waals surface area contributed by atoms with E-state index in [1.54, 1.807) is 24.3 Å². The minimum Gasteiger partial charge on any atom is -0.506 e. The molecule has 0 radical (unpaired) electrons. The molecular formula is C16H9FN2O2. The van der Waals surface area contributed by atoms with Gasteiger partial charge in [0.15, 0.2) is 5.58 Å². The zero-order valence-corrected chi connectivity index (χ0v) is 10.7. The number of halogens is 1. The molecule has 0 aliphatic carbocycles. The average Bonchev–Trinajstić information content (AvgIpc) is 2.90. The van der Waals surface area contributed by atoms with Gasteiger partial charge in [0, 0.05) is 11.5 Å². The Hall–Kier alpha value is -2.95. The predicted molar refractivity (Wildman–Crippen MR) is 76.4 cm³/mol. The number of pyridine rings is 1. The summed E-state index contributed by atoms with van der Waals surface area (Å²) in [6.07, 6.45) is 0. The fourth-order valence-corrected chi connectivity index (χ4v) is 2.26. The van der Waals surface area contributed by atoms with Gasteiger partial charge < -0.3 is 9.52 Å². The second-order valence-corrected chi connectivity index (χ2v) is 4.68. The molecule has 0 unspecified atom stereocenters. The average molecular weight is 280 g/mol. The lowest BCUT2D eigenvalue weighted by Gasteiger charge is -2.01. The number of benzene rings is 2. The van der Waals surface area contributed by atoms with Crippen LogP contribution in [0, 0.1) is 5.82 Å². The quantitative estimate of drug-likeness (QED) is 0.574. The van der Waals surface area contributed by atoms with E-state index in [1.807, 2.05) is 12.1 Å². The van der Waals surface area contributed by atoms with Crippen LogP contribution in [0.2, 0.25) is 0 Å². The van der Waals surface area contributed by atoms with E-state index < -0.39 is 0 Å². The molecule has 2 heterocycles. The summed E-state index contributed by atoms with van der Waals surface area (Å²) in [6.45, 7) is 0. The molecule has 21 heavy (non-hydrogen) atoms. The number of phenolic OH excluding ortho intramolecular Hbond substituents is 1. The molecule has 2 aromatic carbocycles. The molecule has 4 nitrogen and oxygen atoms in total. The third-order valence-electron chi connectivity index (χ3n) is 3.27. The lowest BCUT2D eigenvalue weighted by atomic mass is 10.2. The van der Waals surface area contributed by atoms with Crippen molar-refractivity contribution in [2.24, 2.45) is 0 Å². The summed E-state index contributed by atoms with van der Waals surface area (Å²) >= 11 is 0. The summed E-state index contributed by atoms with van der Waals surface area (Å²) < 4.78 is 18.7. The number of hydrogen-bond acceptors (Lipinski definition) is 4. The van der Waals surface area contributed by atoms with Crippen LogP contribution in [-0.2, 0) is 0 Å². The molecule has 0 bridgehead atoms. The van der Waals surface area contributed by atoms with Gasteiger partial charge >= 0.3 is 0 Å². The molecule has 0 saturated carbocycles. The van der Waals surface area contributed by atoms with Gasteiger partial charge in [-0.2, -0.15) is 0 Å². The van der Waals surface area contributed by atoms with E-state index in [-0.39, 0.29) is 11.6 Å². The van der Waals surface area contributed by atoms with Crippen LogP contribution in [0.3, 0.4) is 0 Å². The predicted octanol–water partition coefficient (Wildman–Crippen LogP) is 3.89. The standard InChI is InChI=1S/C16H9FN2O2/c17-10-5-7-11-14(8-10)21-16(19-11)12-6-4-9-2-1-3-13(20)15(9)18-12/h1-8,20H. The molecule has 0 spiro atoms. The highest BCUT2D eigenvalue weighted by Crippen LogP contribution is 2.28. The van der Waals surface area contributed by atoms with Gasteiger partial charge in [-0.1, -0.05) is 18.2 Å². The SMILES string of the molecule is Oc1cccc2ccc(-c3nc4ccc(F)cc4o3)nc12. The molecule has 4 rings (SSSR count). The maximum atomic E-state index is 13.2. The van der Waals surface area contributed by atoms with Crippen molar-refractivity contribution in [3.63, 3.8) is 0 Å². The van der Waals surface area contributed by atoms with Gasteiger partial charge in [0.1, 0.15) is 28.3 Å². The van der Waals surface area contributed by atoms with Gasteiger partial charge in [0.2, 0.25) is 5.89 Å². The van der Waals surface area contributed by atoms with Crippen LogP contribution in [0.1, 0.15) is 0 Å². The number of aromatic hydroxyl groups is 1. The van der Waals surface area contributed by atoms with Gasteiger partial charge in [-0.05, 0) is 24.3 Å². The van der Waals surface area contributed by atoms with Crippen molar-refractivity contribution in [3.05, 3.63) is 54.3 Å². The lowest BCUT2D eigenvalue weighted by molar-refractivity contribution is 0.480. The summed E-state index contributed by atoms with van der Waals surface area (Å²) in [5.74, 6) is 0.00609. The number of fused-ring (bicyclic) bond motifs is 2. The highest BCUT2D eigenvalue weighted by molar-refractivity contribution is 5.86. The Kier molecular flexibility index (Phi) is 2.41. The van der Waals surface area contributed by atoms with Crippen molar-refractivity contribution in [2.45, 2.75) is 0 Å². The topological polar surface area (TPSA) is 59.2 Å². The second-order valence-electron chi connectivity index (χ2n) is 4.68. The Bertz CT molecular complexity index is 979. The highest BCUT2D eigenvalue weighted by Gasteiger charge is 2.11. The first kappa shape index (κ1) is 11.8. The van der Waals surface area contributed by atoms with Crippen LogP contribution in [-0.4, -0.2) is 15.1 Å². The van der Waals surface area contributed by atoms with Crippen molar-refractivity contribution in [1.29, 1.82) is 0 Å². The smallest absolute Gasteiger partial charge is 0.246 e. The summed E-state index contributed by atoms with van der Waals surface area (Å²) in [7, 11) is 0. The highest BCUT2D eigenvalue weighted by atomic mass is 19.1. The molecule has 0 saturated heterocycles. The van der Waals surface area contributed by atoms with Crippen LogP contribution in [0.25, 0.3) is 33.6 Å². The van der Waals surface area contributed by atoms with Crippen molar-refractivity contribution < 1.29 is 13.9 Å². The van der Waals surface area contributed by atoms with Crippen molar-refractivity contribution in [3.8, 4) is 17.3 Å². The number of oxazole rings is 1. The van der Waals surface area contributed by atoms with Crippen LogP contribution in [0.5, 0.6) is 5.75 Å². The molecule has 2 aromatic heterocycles. The Morgan fingerprint density at radius 2 is 1.90 bits per heavy atom. The molecule has 1 N–H and O–H groups in total. The van der Waals surface area contributed by atoms with Crippen LogP contribution >= 0.6 is 0 Å². The Balaban J connectivity index is 1.93. The molecule has 0 fully saturated rings. The minimum absolute atomic E-state index is 0.0940.